The summed E-state index contributed by atoms with van der Waals surface area (Å²) in [4.78, 5) is 51.9. The van der Waals surface area contributed by atoms with Gasteiger partial charge in [-0.15, -0.1) is 0 Å². The number of hydrogen-bond acceptors (Lipinski definition) is 6. The number of nitrogens with zero attached hydrogens (tertiary/aromatic N) is 1. The summed E-state index contributed by atoms with van der Waals surface area (Å²) in [5.41, 5.74) is 18.0. The van der Waals surface area contributed by atoms with E-state index in [-0.39, 0.29) is 18.8 Å². The van der Waals surface area contributed by atoms with Crippen LogP contribution in [0.5, 0.6) is 0 Å². The van der Waals surface area contributed by atoms with Crippen molar-refractivity contribution in [2.45, 2.75) is 50.5 Å². The van der Waals surface area contributed by atoms with Gasteiger partial charge in [-0.05, 0) is 48.2 Å². The van der Waals surface area contributed by atoms with Crippen molar-refractivity contribution in [3.05, 3.63) is 78.4 Å². The minimum absolute atomic E-state index is 0.0484. The molecule has 0 aliphatic heterocycles. The summed E-state index contributed by atoms with van der Waals surface area (Å²) in [6.07, 6.45) is -4.12. The quantitative estimate of drug-likeness (QED) is 0.0890. The number of carbonyl (C=O) groups is 4. The highest BCUT2D eigenvalue weighted by molar-refractivity contribution is 6.00. The van der Waals surface area contributed by atoms with Crippen molar-refractivity contribution in [3.63, 3.8) is 0 Å². The second kappa shape index (κ2) is 17.2. The van der Waals surface area contributed by atoms with Gasteiger partial charge < -0.3 is 38.3 Å². The molecule has 242 valence electrons. The predicted octanol–water partition coefficient (Wildman–Crippen LogP) is 2.02. The van der Waals surface area contributed by atoms with Crippen molar-refractivity contribution in [2.75, 3.05) is 11.9 Å². The number of carbonyl (C=O) groups excluding carboxylic acids is 3. The van der Waals surface area contributed by atoms with E-state index in [2.05, 4.69) is 20.9 Å². The Labute approximate surface area is 257 Å². The average molecular weight is 632 g/mol. The van der Waals surface area contributed by atoms with Crippen LogP contribution in [0.1, 0.15) is 25.3 Å². The maximum absolute atomic E-state index is 13.4. The SMILES string of the molecule is C[C@@H](N)C(=O)N[C@@H](Cc1ccccc1)C(=O)N[C@@H](CCCN=C(N)N)C(=O)Nc1ccc2ccccc2c1.O=C(O)C(F)(F)F. The highest BCUT2D eigenvalue weighted by Gasteiger charge is 2.38. The molecule has 0 aromatic heterocycles. The van der Waals surface area contributed by atoms with Crippen LogP contribution in [0.15, 0.2) is 77.8 Å². The van der Waals surface area contributed by atoms with Gasteiger partial charge in [0.15, 0.2) is 5.96 Å². The lowest BCUT2D eigenvalue weighted by atomic mass is 10.0. The molecule has 15 heteroatoms. The van der Waals surface area contributed by atoms with E-state index in [1.807, 2.05) is 66.7 Å². The summed E-state index contributed by atoms with van der Waals surface area (Å²) in [6, 6.07) is 20.0. The first-order valence-corrected chi connectivity index (χ1v) is 13.7. The maximum atomic E-state index is 13.4. The Hall–Kier alpha value is -5.18. The third-order valence-electron chi connectivity index (χ3n) is 6.17. The molecular weight excluding hydrogens is 595 g/mol. The standard InChI is InChI=1S/C28H35N7O3.C2HF3O2/c1-18(29)25(36)35-24(16-19-8-3-2-4-9-19)27(38)34-23(12-7-15-32-28(30)31)26(37)33-22-14-13-20-10-5-6-11-21(20)17-22;3-2(4,5)1(6)7/h2-6,8-11,13-14,17-18,23-24H,7,12,15-16,29H2,1H3,(H,33,37)(H,34,38)(H,35,36)(H4,30,31,32);(H,6,7)/t18-,23+,24+;/m1./s1. The molecule has 0 spiro atoms. The number of nitrogens with one attached hydrogen (secondary N) is 3. The number of hydrogen-bond donors (Lipinski definition) is 7. The van der Waals surface area contributed by atoms with Crippen LogP contribution in [0.25, 0.3) is 10.8 Å². The van der Waals surface area contributed by atoms with E-state index in [1.165, 1.54) is 6.92 Å². The van der Waals surface area contributed by atoms with E-state index in [1.54, 1.807) is 6.07 Å². The van der Waals surface area contributed by atoms with Crippen molar-refractivity contribution in [1.29, 1.82) is 0 Å². The number of halogens is 3. The second-order valence-electron chi connectivity index (χ2n) is 9.90. The molecule has 0 saturated carbocycles. The third-order valence-corrected chi connectivity index (χ3v) is 6.17. The van der Waals surface area contributed by atoms with Crippen molar-refractivity contribution < 1.29 is 37.5 Å². The zero-order chi connectivity index (χ0) is 33.6. The molecule has 0 radical (unpaired) electrons. The molecule has 45 heavy (non-hydrogen) atoms. The van der Waals surface area contributed by atoms with Crippen LogP contribution < -0.4 is 33.2 Å². The topological polar surface area (TPSA) is 215 Å². The number of anilines is 1. The Kier molecular flexibility index (Phi) is 13.8. The molecule has 3 aromatic carbocycles. The zero-order valence-electron chi connectivity index (χ0n) is 24.4. The molecule has 0 bridgehead atoms. The number of amides is 3. The monoisotopic (exact) mass is 631 g/mol. The number of carboxylic acid groups (broad SMARTS) is 1. The molecular formula is C30H36F3N7O5. The maximum Gasteiger partial charge on any atom is 0.490 e. The Morgan fingerprint density at radius 1 is 0.844 bits per heavy atom. The molecule has 0 fully saturated rings. The van der Waals surface area contributed by atoms with Crippen LogP contribution in [-0.4, -0.2) is 65.6 Å². The van der Waals surface area contributed by atoms with Crippen LogP contribution in [0.4, 0.5) is 18.9 Å². The van der Waals surface area contributed by atoms with E-state index < -0.39 is 48.0 Å². The van der Waals surface area contributed by atoms with Crippen molar-refractivity contribution in [2.24, 2.45) is 22.2 Å². The fourth-order valence-electron chi connectivity index (χ4n) is 3.90. The van der Waals surface area contributed by atoms with Crippen LogP contribution in [0.3, 0.4) is 0 Å². The van der Waals surface area contributed by atoms with Gasteiger partial charge in [0.1, 0.15) is 12.1 Å². The molecule has 3 atom stereocenters. The van der Waals surface area contributed by atoms with Crippen LogP contribution >= 0.6 is 0 Å². The Bertz CT molecular complexity index is 1480. The van der Waals surface area contributed by atoms with Gasteiger partial charge in [0.2, 0.25) is 17.7 Å². The van der Waals surface area contributed by atoms with Crippen LogP contribution in [-0.2, 0) is 25.6 Å². The van der Waals surface area contributed by atoms with Crippen LogP contribution in [0.2, 0.25) is 0 Å². The number of aliphatic carboxylic acids is 1. The van der Waals surface area contributed by atoms with Gasteiger partial charge >= 0.3 is 12.1 Å². The first-order chi connectivity index (χ1) is 21.2. The van der Waals surface area contributed by atoms with Crippen molar-refractivity contribution in [3.8, 4) is 0 Å². The number of guanidine groups is 1. The smallest absolute Gasteiger partial charge is 0.475 e. The van der Waals surface area contributed by atoms with Crippen molar-refractivity contribution in [1.82, 2.24) is 10.6 Å². The van der Waals surface area contributed by atoms with Gasteiger partial charge in [0.05, 0.1) is 6.04 Å². The van der Waals surface area contributed by atoms with Gasteiger partial charge in [0.25, 0.3) is 0 Å². The number of aliphatic imine (C=N–C) groups is 1. The second-order valence-corrected chi connectivity index (χ2v) is 9.90. The lowest BCUT2D eigenvalue weighted by molar-refractivity contribution is -0.192. The Morgan fingerprint density at radius 3 is 2.00 bits per heavy atom. The summed E-state index contributed by atoms with van der Waals surface area (Å²) in [6.45, 7) is 1.84. The molecule has 0 unspecified atom stereocenters. The number of alkyl halides is 3. The molecule has 0 aliphatic carbocycles. The summed E-state index contributed by atoms with van der Waals surface area (Å²) in [7, 11) is 0. The average Bonchev–Trinajstić information content (AvgIpc) is 2.98. The Morgan fingerprint density at radius 2 is 1.42 bits per heavy atom. The van der Waals surface area contributed by atoms with E-state index >= 15 is 0 Å². The van der Waals surface area contributed by atoms with E-state index in [4.69, 9.17) is 27.1 Å². The molecule has 0 aliphatic rings. The van der Waals surface area contributed by atoms with Gasteiger partial charge in [-0.25, -0.2) is 4.79 Å². The molecule has 10 N–H and O–H groups in total. The lowest BCUT2D eigenvalue weighted by Crippen LogP contribution is -2.55. The largest absolute Gasteiger partial charge is 0.490 e. The normalized spacial score (nSPS) is 12.8. The van der Waals surface area contributed by atoms with Crippen molar-refractivity contribution >= 4 is 46.1 Å². The molecule has 3 aromatic rings. The first kappa shape index (κ1) is 36.0. The molecule has 0 heterocycles. The van der Waals surface area contributed by atoms with Gasteiger partial charge in [-0.2, -0.15) is 13.2 Å². The summed E-state index contributed by atoms with van der Waals surface area (Å²) in [5.74, 6) is -4.16. The number of benzene rings is 3. The number of rotatable bonds is 12. The number of carboxylic acids is 1. The lowest BCUT2D eigenvalue weighted by Gasteiger charge is -2.24. The number of nitrogens with two attached hydrogens (primary N) is 3. The minimum Gasteiger partial charge on any atom is -0.475 e. The fraction of sp³-hybridized carbons (Fsp3) is 0.300. The zero-order valence-corrected chi connectivity index (χ0v) is 24.4. The highest BCUT2D eigenvalue weighted by Crippen LogP contribution is 2.19. The van der Waals surface area contributed by atoms with E-state index in [0.717, 1.165) is 16.3 Å². The molecule has 3 amide bonds. The number of fused-ring (bicyclic) bond motifs is 1. The van der Waals surface area contributed by atoms with Crippen LogP contribution in [0, 0.1) is 0 Å². The third kappa shape index (κ3) is 12.9. The van der Waals surface area contributed by atoms with Gasteiger partial charge in [-0.3, -0.25) is 19.4 Å². The predicted molar refractivity (Wildman–Crippen MR) is 164 cm³/mol. The molecule has 12 nitrogen and oxygen atoms in total. The van der Waals surface area contributed by atoms with Gasteiger partial charge in [-0.1, -0.05) is 60.7 Å². The van der Waals surface area contributed by atoms with E-state index in [9.17, 15) is 27.6 Å². The van der Waals surface area contributed by atoms with E-state index in [0.29, 0.717) is 18.7 Å². The summed E-state index contributed by atoms with van der Waals surface area (Å²) < 4.78 is 31.7. The highest BCUT2D eigenvalue weighted by atomic mass is 19.4. The molecule has 0 saturated heterocycles. The fourth-order valence-corrected chi connectivity index (χ4v) is 3.90. The van der Waals surface area contributed by atoms with Gasteiger partial charge in [0, 0.05) is 18.7 Å². The molecule has 3 rings (SSSR count). The Balaban J connectivity index is 0.000000900. The minimum atomic E-state index is -5.08. The summed E-state index contributed by atoms with van der Waals surface area (Å²) in [5, 5.41) is 17.5. The first-order valence-electron chi connectivity index (χ1n) is 13.7. The summed E-state index contributed by atoms with van der Waals surface area (Å²) >= 11 is 0.